The molecular formula is C30H37FN2O3. The summed E-state index contributed by atoms with van der Waals surface area (Å²) in [6.07, 6.45) is 5.32. The molecule has 1 aromatic heterocycles. The number of pyridine rings is 1. The molecule has 4 rings (SSSR count). The number of nitrogens with zero attached hydrogens (tertiary/aromatic N) is 2. The lowest BCUT2D eigenvalue weighted by Gasteiger charge is -2.37. The SMILES string of the molecule is COc1ccc2nccc(C(F)CC[C@@H]3CCN(CCCCc4ccc(C)cc4)C[C@@H]3C(=O)O)c2c1. The van der Waals surface area contributed by atoms with E-state index in [4.69, 9.17) is 4.74 Å². The third kappa shape index (κ3) is 6.61. The second kappa shape index (κ2) is 12.3. The van der Waals surface area contributed by atoms with Crippen LogP contribution in [0.2, 0.25) is 0 Å². The van der Waals surface area contributed by atoms with E-state index in [0.717, 1.165) is 49.7 Å². The van der Waals surface area contributed by atoms with E-state index in [1.54, 1.807) is 19.4 Å². The van der Waals surface area contributed by atoms with Crippen molar-refractivity contribution in [1.29, 1.82) is 0 Å². The Morgan fingerprint density at radius 3 is 2.75 bits per heavy atom. The van der Waals surface area contributed by atoms with E-state index in [9.17, 15) is 9.90 Å². The van der Waals surface area contributed by atoms with Gasteiger partial charge < -0.3 is 14.7 Å². The van der Waals surface area contributed by atoms with Crippen LogP contribution in [0.3, 0.4) is 0 Å². The molecule has 0 saturated carbocycles. The van der Waals surface area contributed by atoms with Gasteiger partial charge in [0.05, 0.1) is 18.5 Å². The van der Waals surface area contributed by atoms with Crippen LogP contribution >= 0.6 is 0 Å². The largest absolute Gasteiger partial charge is 0.497 e. The molecule has 0 bridgehead atoms. The summed E-state index contributed by atoms with van der Waals surface area (Å²) in [4.78, 5) is 18.7. The summed E-state index contributed by atoms with van der Waals surface area (Å²) in [6, 6.07) is 15.9. The Morgan fingerprint density at radius 1 is 1.19 bits per heavy atom. The number of piperidine rings is 1. The van der Waals surface area contributed by atoms with Gasteiger partial charge in [-0.2, -0.15) is 0 Å². The summed E-state index contributed by atoms with van der Waals surface area (Å²) in [5.74, 6) is -0.551. The van der Waals surface area contributed by atoms with Crippen LogP contribution in [0.25, 0.3) is 10.9 Å². The lowest BCUT2D eigenvalue weighted by Crippen LogP contribution is -2.44. The van der Waals surface area contributed by atoms with Crippen molar-refractivity contribution in [3.63, 3.8) is 0 Å². The van der Waals surface area contributed by atoms with E-state index in [2.05, 4.69) is 41.1 Å². The number of halogens is 1. The van der Waals surface area contributed by atoms with Gasteiger partial charge in [0.15, 0.2) is 0 Å². The molecule has 5 nitrogen and oxygen atoms in total. The summed E-state index contributed by atoms with van der Waals surface area (Å²) in [5, 5.41) is 10.7. The first-order valence-electron chi connectivity index (χ1n) is 13.0. The topological polar surface area (TPSA) is 62.7 Å². The van der Waals surface area contributed by atoms with Crippen LogP contribution < -0.4 is 4.74 Å². The van der Waals surface area contributed by atoms with Gasteiger partial charge in [-0.25, -0.2) is 4.39 Å². The Hall–Kier alpha value is -2.99. The Kier molecular flexibility index (Phi) is 8.92. The number of carbonyl (C=O) groups is 1. The maximum absolute atomic E-state index is 15.4. The van der Waals surface area contributed by atoms with Crippen molar-refractivity contribution in [3.05, 3.63) is 71.4 Å². The van der Waals surface area contributed by atoms with E-state index in [1.165, 1.54) is 11.1 Å². The molecule has 1 fully saturated rings. The number of carboxylic acids is 1. The number of aryl methyl sites for hydroxylation is 2. The van der Waals surface area contributed by atoms with Crippen molar-refractivity contribution in [1.82, 2.24) is 9.88 Å². The zero-order chi connectivity index (χ0) is 25.5. The average Bonchev–Trinajstić information content (AvgIpc) is 2.90. The van der Waals surface area contributed by atoms with E-state index in [-0.39, 0.29) is 5.92 Å². The molecule has 0 amide bonds. The molecule has 1 unspecified atom stereocenters. The zero-order valence-corrected chi connectivity index (χ0v) is 21.3. The van der Waals surface area contributed by atoms with E-state index < -0.39 is 18.1 Å². The number of alkyl halides is 1. The minimum Gasteiger partial charge on any atom is -0.497 e. The molecule has 1 N–H and O–H groups in total. The summed E-state index contributed by atoms with van der Waals surface area (Å²) in [5.41, 5.74) is 3.95. The second-order valence-corrected chi connectivity index (χ2v) is 10.1. The number of aromatic nitrogens is 1. The van der Waals surface area contributed by atoms with Crippen LogP contribution in [0.4, 0.5) is 4.39 Å². The molecule has 1 aliphatic heterocycles. The van der Waals surface area contributed by atoms with E-state index >= 15 is 4.39 Å². The smallest absolute Gasteiger partial charge is 0.308 e. The molecule has 2 heterocycles. The predicted octanol–water partition coefficient (Wildman–Crippen LogP) is 6.39. The van der Waals surface area contributed by atoms with Crippen LogP contribution in [0.1, 0.15) is 55.0 Å². The van der Waals surface area contributed by atoms with Crippen LogP contribution in [0.15, 0.2) is 54.7 Å². The van der Waals surface area contributed by atoms with Gasteiger partial charge in [0.25, 0.3) is 0 Å². The summed E-state index contributed by atoms with van der Waals surface area (Å²) < 4.78 is 20.7. The van der Waals surface area contributed by atoms with Gasteiger partial charge >= 0.3 is 5.97 Å². The molecular weight excluding hydrogens is 455 g/mol. The van der Waals surface area contributed by atoms with Crippen molar-refractivity contribution in [3.8, 4) is 5.75 Å². The van der Waals surface area contributed by atoms with Crippen LogP contribution in [0.5, 0.6) is 5.75 Å². The number of methoxy groups -OCH3 is 1. The number of benzene rings is 2. The van der Waals surface area contributed by atoms with Gasteiger partial charge in [-0.3, -0.25) is 9.78 Å². The van der Waals surface area contributed by atoms with Gasteiger partial charge in [-0.15, -0.1) is 0 Å². The number of hydrogen-bond donors (Lipinski definition) is 1. The fraction of sp³-hybridized carbons (Fsp3) is 0.467. The maximum atomic E-state index is 15.4. The first kappa shape index (κ1) is 26.1. The van der Waals surface area contributed by atoms with Crippen molar-refractivity contribution in [2.45, 2.75) is 51.6 Å². The summed E-state index contributed by atoms with van der Waals surface area (Å²) >= 11 is 0. The minimum atomic E-state index is -1.17. The van der Waals surface area contributed by atoms with E-state index in [0.29, 0.717) is 30.7 Å². The van der Waals surface area contributed by atoms with Crippen molar-refractivity contribution in [2.75, 3.05) is 26.7 Å². The highest BCUT2D eigenvalue weighted by molar-refractivity contribution is 5.83. The molecule has 1 aliphatic rings. The van der Waals surface area contributed by atoms with Crippen molar-refractivity contribution < 1.29 is 19.0 Å². The second-order valence-electron chi connectivity index (χ2n) is 10.1. The average molecular weight is 493 g/mol. The Morgan fingerprint density at radius 2 is 2.00 bits per heavy atom. The normalized spacial score (nSPS) is 19.3. The number of hydrogen-bond acceptors (Lipinski definition) is 4. The van der Waals surface area contributed by atoms with Crippen molar-refractivity contribution in [2.24, 2.45) is 11.8 Å². The number of rotatable bonds is 11. The summed E-state index contributed by atoms with van der Waals surface area (Å²) in [6.45, 7) is 4.44. The number of fused-ring (bicyclic) bond motifs is 1. The molecule has 1 saturated heterocycles. The number of ether oxygens (including phenoxy) is 1. The lowest BCUT2D eigenvalue weighted by atomic mass is 9.81. The van der Waals surface area contributed by atoms with Crippen LogP contribution in [-0.2, 0) is 11.2 Å². The van der Waals surface area contributed by atoms with Gasteiger partial charge in [0.1, 0.15) is 11.9 Å². The molecule has 6 heteroatoms. The zero-order valence-electron chi connectivity index (χ0n) is 21.3. The number of likely N-dealkylation sites (tertiary alicyclic amines) is 1. The Bertz CT molecular complexity index is 1150. The first-order valence-corrected chi connectivity index (χ1v) is 13.0. The fourth-order valence-corrected chi connectivity index (χ4v) is 5.38. The molecule has 36 heavy (non-hydrogen) atoms. The number of unbranched alkanes of at least 4 members (excludes halogenated alkanes) is 1. The third-order valence-electron chi connectivity index (χ3n) is 7.58. The molecule has 0 aliphatic carbocycles. The molecule has 0 spiro atoms. The molecule has 2 aromatic carbocycles. The highest BCUT2D eigenvalue weighted by Crippen LogP contribution is 2.35. The lowest BCUT2D eigenvalue weighted by molar-refractivity contribution is -0.146. The van der Waals surface area contributed by atoms with Gasteiger partial charge in [-0.1, -0.05) is 29.8 Å². The van der Waals surface area contributed by atoms with Gasteiger partial charge in [0.2, 0.25) is 0 Å². The molecule has 0 radical (unpaired) electrons. The Balaban J connectivity index is 1.29. The van der Waals surface area contributed by atoms with Crippen LogP contribution in [0, 0.1) is 18.8 Å². The Labute approximate surface area is 213 Å². The molecule has 3 aromatic rings. The van der Waals surface area contributed by atoms with Crippen molar-refractivity contribution >= 4 is 16.9 Å². The number of aliphatic carboxylic acids is 1. The van der Waals surface area contributed by atoms with Gasteiger partial charge in [-0.05, 0) is 99.8 Å². The van der Waals surface area contributed by atoms with Gasteiger partial charge in [0, 0.05) is 18.1 Å². The molecule has 192 valence electrons. The number of carboxylic acid groups (broad SMARTS) is 1. The highest BCUT2D eigenvalue weighted by atomic mass is 19.1. The summed E-state index contributed by atoms with van der Waals surface area (Å²) in [7, 11) is 1.59. The first-order chi connectivity index (χ1) is 17.4. The minimum absolute atomic E-state index is 0.00723. The highest BCUT2D eigenvalue weighted by Gasteiger charge is 2.34. The maximum Gasteiger partial charge on any atom is 0.308 e. The predicted molar refractivity (Wildman–Crippen MR) is 141 cm³/mol. The monoisotopic (exact) mass is 492 g/mol. The molecule has 3 atom stereocenters. The quantitative estimate of drug-likeness (QED) is 0.314. The van der Waals surface area contributed by atoms with Crippen LogP contribution in [-0.4, -0.2) is 47.7 Å². The van der Waals surface area contributed by atoms with E-state index in [1.807, 2.05) is 18.2 Å². The fourth-order valence-electron chi connectivity index (χ4n) is 5.38. The third-order valence-corrected chi connectivity index (χ3v) is 7.58. The standard InChI is InChI=1S/C30H37FN2O3/c1-21-6-8-22(9-7-21)5-3-4-17-33-18-15-23(27(20-33)30(34)35)10-12-28(31)25-14-16-32-29-13-11-24(36-2)19-26(25)29/h6-9,11,13-14,16,19,23,27-28H,3-5,10,12,15,17-18,20H2,1-2H3,(H,34,35)/t23-,27+,28?/m1/s1.